The van der Waals surface area contributed by atoms with Crippen LogP contribution in [0.5, 0.6) is 0 Å². The minimum absolute atomic E-state index is 0.0136. The molecular formula is C43H76N14O14S. The van der Waals surface area contributed by atoms with Crippen molar-refractivity contribution in [3.05, 3.63) is 0 Å². The van der Waals surface area contributed by atoms with Crippen LogP contribution in [0.25, 0.3) is 0 Å². The Hall–Kier alpha value is -6.33. The quantitative estimate of drug-likeness (QED) is 0.0165. The standard InChI is InChI=1S/C43H76N14O14S/c1-20(2)19-28(54-34(62)21(3)50-36(64)26(11-13-30(45)60)51-35(63)24(44)15-18-72-6)39(67)52-27(12-14-31(46)61)38(66)55-32(22(4)58)41(69)57-17-8-10-29(57)40(68)53-25(9-7-16-49-43(47)48)37(65)56-33(23(5)59)42(70)71/h20-29,32-33,58-59H,7-19,44H2,1-6H3,(H2,45,60)(H2,46,61)(H,50,64)(H,51,63)(H,52,67)(H,53,68)(H,54,62)(H,55,66)(H,56,65)(H,70,71)(H4,47,48,49)/t21-,22+,23+,24-,25-,26-,27-,28-,29-,32-,33-/m0/s1. The Morgan fingerprint density at radius 3 is 1.61 bits per heavy atom. The number of rotatable bonds is 33. The maximum Gasteiger partial charge on any atom is 0.328 e. The van der Waals surface area contributed by atoms with E-state index in [-0.39, 0.29) is 69.9 Å². The van der Waals surface area contributed by atoms with E-state index < -0.39 is 144 Å². The highest BCUT2D eigenvalue weighted by molar-refractivity contribution is 7.98. The van der Waals surface area contributed by atoms with Crippen molar-refractivity contribution >= 4 is 82.8 Å². The fourth-order valence-corrected chi connectivity index (χ4v) is 7.71. The molecule has 1 saturated heterocycles. The Kier molecular flexibility index (Phi) is 28.2. The van der Waals surface area contributed by atoms with Gasteiger partial charge in [-0.05, 0) is 90.1 Å². The molecule has 0 unspecified atom stereocenters. The van der Waals surface area contributed by atoms with Gasteiger partial charge in [-0.2, -0.15) is 11.8 Å². The number of carbonyl (C=O) groups is 11. The first-order chi connectivity index (χ1) is 33.6. The van der Waals surface area contributed by atoms with Crippen LogP contribution < -0.4 is 65.9 Å². The molecule has 0 radical (unpaired) electrons. The number of nitrogens with zero attached hydrogens (tertiary/aromatic N) is 2. The van der Waals surface area contributed by atoms with Gasteiger partial charge in [-0.1, -0.05) is 13.8 Å². The third-order valence-electron chi connectivity index (χ3n) is 11.2. The molecule has 0 bridgehead atoms. The van der Waals surface area contributed by atoms with Gasteiger partial charge in [0.25, 0.3) is 0 Å². The molecule has 0 aliphatic carbocycles. The zero-order chi connectivity index (χ0) is 55.0. The summed E-state index contributed by atoms with van der Waals surface area (Å²) >= 11 is 1.46. The summed E-state index contributed by atoms with van der Waals surface area (Å²) in [6.07, 6.45) is -2.08. The van der Waals surface area contributed by atoms with Gasteiger partial charge < -0.3 is 86.1 Å². The van der Waals surface area contributed by atoms with Crippen molar-refractivity contribution in [2.24, 2.45) is 39.6 Å². The number of aliphatic carboxylic acids is 1. The number of aliphatic hydroxyl groups is 2. The van der Waals surface area contributed by atoms with Gasteiger partial charge >= 0.3 is 5.97 Å². The first-order valence-corrected chi connectivity index (χ1v) is 24.9. The Labute approximate surface area is 422 Å². The number of amides is 10. The number of carbonyl (C=O) groups excluding carboxylic acids is 10. The second-order valence-electron chi connectivity index (χ2n) is 17.9. The molecule has 29 heteroatoms. The summed E-state index contributed by atoms with van der Waals surface area (Å²) in [5.74, 6) is -10.3. The number of hydrogen-bond acceptors (Lipinski definition) is 16. The molecule has 72 heavy (non-hydrogen) atoms. The van der Waals surface area contributed by atoms with Crippen molar-refractivity contribution in [2.75, 3.05) is 25.1 Å². The largest absolute Gasteiger partial charge is 0.480 e. The van der Waals surface area contributed by atoms with E-state index in [1.54, 1.807) is 13.8 Å². The molecule has 1 aliphatic rings. The molecule has 1 rings (SSSR count). The summed E-state index contributed by atoms with van der Waals surface area (Å²) in [5, 5.41) is 47.3. The van der Waals surface area contributed by atoms with Gasteiger partial charge in [0.15, 0.2) is 12.0 Å². The molecule has 1 aliphatic heterocycles. The van der Waals surface area contributed by atoms with Gasteiger partial charge in [0.05, 0.1) is 18.2 Å². The summed E-state index contributed by atoms with van der Waals surface area (Å²) in [6, 6.07) is -12.7. The Bertz CT molecular complexity index is 1940. The van der Waals surface area contributed by atoms with Crippen LogP contribution in [0.15, 0.2) is 4.99 Å². The Balaban J connectivity index is 3.34. The summed E-state index contributed by atoms with van der Waals surface area (Å²) in [5.41, 5.74) is 27.4. The predicted octanol–water partition coefficient (Wildman–Crippen LogP) is -6.05. The number of nitrogens with two attached hydrogens (primary N) is 5. The van der Waals surface area contributed by atoms with Gasteiger partial charge in [-0.3, -0.25) is 52.9 Å². The fraction of sp³-hybridized carbons (Fsp3) is 0.721. The molecular weight excluding hydrogens is 969 g/mol. The maximum atomic E-state index is 14.1. The molecule has 0 spiro atoms. The zero-order valence-corrected chi connectivity index (χ0v) is 42.5. The van der Waals surface area contributed by atoms with Crippen molar-refractivity contribution in [1.29, 1.82) is 0 Å². The van der Waals surface area contributed by atoms with Crippen molar-refractivity contribution in [3.8, 4) is 0 Å². The van der Waals surface area contributed by atoms with Crippen LogP contribution in [0, 0.1) is 5.92 Å². The fourth-order valence-electron chi connectivity index (χ4n) is 7.22. The van der Waals surface area contributed by atoms with Gasteiger partial charge in [-0.15, -0.1) is 0 Å². The highest BCUT2D eigenvalue weighted by Crippen LogP contribution is 2.21. The first-order valence-electron chi connectivity index (χ1n) is 23.5. The lowest BCUT2D eigenvalue weighted by molar-refractivity contribution is -0.146. The number of thioether (sulfide) groups is 1. The van der Waals surface area contributed by atoms with Crippen molar-refractivity contribution < 1.29 is 68.1 Å². The number of primary amides is 2. The van der Waals surface area contributed by atoms with Crippen LogP contribution in [0.4, 0.5) is 0 Å². The zero-order valence-electron chi connectivity index (χ0n) is 41.6. The van der Waals surface area contributed by atoms with Gasteiger partial charge in [-0.25, -0.2) is 4.79 Å². The summed E-state index contributed by atoms with van der Waals surface area (Å²) in [4.78, 5) is 149. The monoisotopic (exact) mass is 1040 g/mol. The van der Waals surface area contributed by atoms with Crippen LogP contribution in [0.2, 0.25) is 0 Å². The normalized spacial score (nSPS) is 17.4. The van der Waals surface area contributed by atoms with Gasteiger partial charge in [0.2, 0.25) is 59.1 Å². The van der Waals surface area contributed by atoms with Crippen LogP contribution >= 0.6 is 11.8 Å². The number of aliphatic imine (C=N–C) groups is 1. The van der Waals surface area contributed by atoms with Gasteiger partial charge in [0.1, 0.15) is 42.3 Å². The average molecular weight is 1050 g/mol. The van der Waals surface area contributed by atoms with E-state index in [0.717, 1.165) is 11.8 Å². The number of nitrogens with one attached hydrogen (secondary N) is 7. The second-order valence-corrected chi connectivity index (χ2v) is 18.9. The average Bonchev–Trinajstić information content (AvgIpc) is 3.79. The third-order valence-corrected chi connectivity index (χ3v) is 11.8. The van der Waals surface area contributed by atoms with Crippen LogP contribution in [-0.2, 0) is 52.7 Å². The Morgan fingerprint density at radius 1 is 0.639 bits per heavy atom. The minimum Gasteiger partial charge on any atom is -0.480 e. The smallest absolute Gasteiger partial charge is 0.328 e. The Morgan fingerprint density at radius 2 is 1.12 bits per heavy atom. The number of aliphatic hydroxyl groups excluding tert-OH is 2. The number of hydrogen-bond donors (Lipinski definition) is 15. The summed E-state index contributed by atoms with van der Waals surface area (Å²) in [7, 11) is 0. The lowest BCUT2D eigenvalue weighted by atomic mass is 10.0. The molecule has 1 fully saturated rings. The molecule has 20 N–H and O–H groups in total. The third kappa shape index (κ3) is 22.8. The number of guanidine groups is 1. The summed E-state index contributed by atoms with van der Waals surface area (Å²) in [6.45, 7) is 7.04. The highest BCUT2D eigenvalue weighted by Gasteiger charge is 2.42. The van der Waals surface area contributed by atoms with Gasteiger partial charge in [0, 0.05) is 25.9 Å². The lowest BCUT2D eigenvalue weighted by Crippen LogP contribution is -2.62. The maximum absolute atomic E-state index is 14.1. The first kappa shape index (κ1) is 63.7. The highest BCUT2D eigenvalue weighted by atomic mass is 32.2. The minimum atomic E-state index is -1.75. The van der Waals surface area contributed by atoms with Crippen LogP contribution in [-0.4, -0.2) is 183 Å². The van der Waals surface area contributed by atoms with Crippen molar-refractivity contribution in [3.63, 3.8) is 0 Å². The van der Waals surface area contributed by atoms with E-state index in [4.69, 9.17) is 28.7 Å². The van der Waals surface area contributed by atoms with Crippen molar-refractivity contribution in [2.45, 2.75) is 165 Å². The van der Waals surface area contributed by atoms with Crippen LogP contribution in [0.1, 0.15) is 98.8 Å². The molecule has 0 aromatic rings. The number of likely N-dealkylation sites (tertiary alicyclic amines) is 1. The van der Waals surface area contributed by atoms with E-state index in [1.807, 2.05) is 6.26 Å². The molecule has 0 aromatic heterocycles. The van der Waals surface area contributed by atoms with Crippen LogP contribution in [0.3, 0.4) is 0 Å². The molecule has 11 atom stereocenters. The van der Waals surface area contributed by atoms with E-state index in [2.05, 4.69) is 42.2 Å². The molecule has 1 heterocycles. The van der Waals surface area contributed by atoms with E-state index in [0.29, 0.717) is 12.2 Å². The van der Waals surface area contributed by atoms with Crippen molar-refractivity contribution in [1.82, 2.24) is 42.1 Å². The topological polar surface area (TPSA) is 478 Å². The molecule has 408 valence electrons. The van der Waals surface area contributed by atoms with E-state index >= 15 is 0 Å². The molecule has 0 saturated carbocycles. The predicted molar refractivity (Wildman–Crippen MR) is 262 cm³/mol. The SMILES string of the molecule is CSCC[C@H](N)C(=O)N[C@@H](CCC(N)=O)C(=O)N[C@@H](C)C(=O)N[C@@H](CC(C)C)C(=O)N[C@@H](CCC(N)=O)C(=O)N[C@H](C(=O)N1CCC[C@H]1C(=O)N[C@@H](CCCN=C(N)N)C(=O)N[C@H](C(=O)O)[C@@H](C)O)[C@@H](C)O. The lowest BCUT2D eigenvalue weighted by Gasteiger charge is -2.32. The number of carboxylic acids is 1. The van der Waals surface area contributed by atoms with E-state index in [1.165, 1.54) is 25.6 Å². The molecule has 10 amide bonds. The number of carboxylic acid groups (broad SMARTS) is 1. The second kappa shape index (κ2) is 31.9. The molecule has 28 nitrogen and oxygen atoms in total. The van der Waals surface area contributed by atoms with E-state index in [9.17, 15) is 68.1 Å². The molecule has 0 aromatic carbocycles. The summed E-state index contributed by atoms with van der Waals surface area (Å²) < 4.78 is 0.